The second kappa shape index (κ2) is 8.10. The molecule has 0 aliphatic rings. The molecule has 0 radical (unpaired) electrons. The molecule has 2 aromatic carbocycles. The number of hydrogen-bond acceptors (Lipinski definition) is 2. The number of hydrogen-bond donors (Lipinski definition) is 1. The van der Waals surface area contributed by atoms with Crippen LogP contribution in [0.25, 0.3) is 0 Å². The molecule has 0 aliphatic carbocycles. The molecule has 1 N–H and O–H groups in total. The Morgan fingerprint density at radius 3 is 2.29 bits per heavy atom. The zero-order valence-electron chi connectivity index (χ0n) is 12.3. The predicted molar refractivity (Wildman–Crippen MR) is 84.8 cm³/mol. The Hall–Kier alpha value is -2.29. The Balaban J connectivity index is 1.88. The van der Waals surface area contributed by atoms with Gasteiger partial charge in [-0.1, -0.05) is 38.0 Å². The molecule has 0 saturated carbocycles. The van der Waals surface area contributed by atoms with Crippen LogP contribution in [0, 0.1) is 0 Å². The topological polar surface area (TPSA) is 38.3 Å². The van der Waals surface area contributed by atoms with E-state index in [0.717, 1.165) is 37.3 Å². The van der Waals surface area contributed by atoms with Crippen LogP contribution in [0.3, 0.4) is 0 Å². The first-order valence-electron chi connectivity index (χ1n) is 7.41. The molecule has 0 aromatic heterocycles. The Morgan fingerprint density at radius 2 is 1.62 bits per heavy atom. The van der Waals surface area contributed by atoms with E-state index in [0.29, 0.717) is 5.56 Å². The maximum atomic E-state index is 11.9. The van der Waals surface area contributed by atoms with Crippen LogP contribution in [0.5, 0.6) is 11.5 Å². The summed E-state index contributed by atoms with van der Waals surface area (Å²) < 4.78 is 5.69. The van der Waals surface area contributed by atoms with E-state index in [4.69, 9.17) is 4.74 Å². The molecule has 3 heteroatoms. The fraction of sp³-hybridized carbons (Fsp3) is 0.278. The van der Waals surface area contributed by atoms with Gasteiger partial charge in [-0.25, -0.2) is 0 Å². The fourth-order valence-corrected chi connectivity index (χ4v) is 1.98. The second-order valence-electron chi connectivity index (χ2n) is 4.90. The van der Waals surface area contributed by atoms with Crippen molar-refractivity contribution in [2.45, 2.75) is 26.2 Å². The van der Waals surface area contributed by atoms with Crippen LogP contribution in [-0.2, 0) is 0 Å². The van der Waals surface area contributed by atoms with E-state index >= 15 is 0 Å². The van der Waals surface area contributed by atoms with Crippen molar-refractivity contribution in [1.29, 1.82) is 0 Å². The van der Waals surface area contributed by atoms with Gasteiger partial charge in [-0.3, -0.25) is 4.79 Å². The Bertz CT molecular complexity index is 549. The summed E-state index contributed by atoms with van der Waals surface area (Å²) in [4.78, 5) is 11.9. The number of carbonyl (C=O) groups is 1. The summed E-state index contributed by atoms with van der Waals surface area (Å²) in [5.74, 6) is 1.48. The third kappa shape index (κ3) is 4.95. The number of para-hydroxylation sites is 1. The van der Waals surface area contributed by atoms with E-state index in [2.05, 4.69) is 12.2 Å². The van der Waals surface area contributed by atoms with Gasteiger partial charge in [0, 0.05) is 12.1 Å². The lowest BCUT2D eigenvalue weighted by atomic mass is 10.2. The first kappa shape index (κ1) is 15.1. The minimum Gasteiger partial charge on any atom is -0.457 e. The quantitative estimate of drug-likeness (QED) is 0.765. The van der Waals surface area contributed by atoms with Crippen LogP contribution in [0.1, 0.15) is 36.5 Å². The molecule has 0 heterocycles. The summed E-state index contributed by atoms with van der Waals surface area (Å²) in [5, 5.41) is 2.92. The molecule has 0 saturated heterocycles. The number of nitrogens with one attached hydrogen (secondary N) is 1. The monoisotopic (exact) mass is 283 g/mol. The van der Waals surface area contributed by atoms with Crippen LogP contribution in [-0.4, -0.2) is 12.5 Å². The van der Waals surface area contributed by atoms with Crippen molar-refractivity contribution in [2.24, 2.45) is 0 Å². The Labute approximate surface area is 126 Å². The highest BCUT2D eigenvalue weighted by Gasteiger charge is 2.05. The van der Waals surface area contributed by atoms with Crippen molar-refractivity contribution in [3.63, 3.8) is 0 Å². The van der Waals surface area contributed by atoms with Gasteiger partial charge < -0.3 is 10.1 Å². The smallest absolute Gasteiger partial charge is 0.251 e. The number of benzene rings is 2. The van der Waals surface area contributed by atoms with Crippen LogP contribution < -0.4 is 10.1 Å². The van der Waals surface area contributed by atoms with E-state index in [9.17, 15) is 4.79 Å². The summed E-state index contributed by atoms with van der Waals surface area (Å²) in [6, 6.07) is 16.8. The third-order valence-electron chi connectivity index (χ3n) is 3.16. The van der Waals surface area contributed by atoms with Gasteiger partial charge in [0.25, 0.3) is 5.91 Å². The van der Waals surface area contributed by atoms with Crippen molar-refractivity contribution in [3.05, 3.63) is 60.2 Å². The summed E-state index contributed by atoms with van der Waals surface area (Å²) in [5.41, 5.74) is 0.659. The summed E-state index contributed by atoms with van der Waals surface area (Å²) in [6.07, 6.45) is 3.32. The molecule has 21 heavy (non-hydrogen) atoms. The zero-order chi connectivity index (χ0) is 14.9. The van der Waals surface area contributed by atoms with Crippen LogP contribution in [0.4, 0.5) is 0 Å². The van der Waals surface area contributed by atoms with E-state index < -0.39 is 0 Å². The van der Waals surface area contributed by atoms with Crippen molar-refractivity contribution < 1.29 is 9.53 Å². The van der Waals surface area contributed by atoms with E-state index in [1.807, 2.05) is 42.5 Å². The van der Waals surface area contributed by atoms with Gasteiger partial charge in [0.15, 0.2) is 0 Å². The maximum Gasteiger partial charge on any atom is 0.251 e. The van der Waals surface area contributed by atoms with Gasteiger partial charge in [-0.15, -0.1) is 0 Å². The van der Waals surface area contributed by atoms with Crippen LogP contribution in [0.15, 0.2) is 54.6 Å². The van der Waals surface area contributed by atoms with Crippen molar-refractivity contribution in [2.75, 3.05) is 6.54 Å². The van der Waals surface area contributed by atoms with Crippen LogP contribution >= 0.6 is 0 Å². The first-order chi connectivity index (χ1) is 10.3. The van der Waals surface area contributed by atoms with Gasteiger partial charge in [0.1, 0.15) is 11.5 Å². The van der Waals surface area contributed by atoms with Gasteiger partial charge in [-0.05, 0) is 42.8 Å². The molecule has 0 spiro atoms. The normalized spacial score (nSPS) is 10.1. The molecule has 3 nitrogen and oxygen atoms in total. The van der Waals surface area contributed by atoms with Gasteiger partial charge >= 0.3 is 0 Å². The largest absolute Gasteiger partial charge is 0.457 e. The van der Waals surface area contributed by atoms with Crippen molar-refractivity contribution in [1.82, 2.24) is 5.32 Å². The molecule has 0 bridgehead atoms. The molecular weight excluding hydrogens is 262 g/mol. The maximum absolute atomic E-state index is 11.9. The molecule has 0 aliphatic heterocycles. The van der Waals surface area contributed by atoms with Crippen molar-refractivity contribution >= 4 is 5.91 Å². The molecule has 0 fully saturated rings. The Kier molecular flexibility index (Phi) is 5.83. The molecular formula is C18H21NO2. The highest BCUT2D eigenvalue weighted by molar-refractivity contribution is 5.94. The number of ether oxygens (including phenoxy) is 1. The second-order valence-corrected chi connectivity index (χ2v) is 4.90. The molecule has 1 amide bonds. The minimum atomic E-state index is -0.0302. The molecule has 0 unspecified atom stereocenters. The number of carbonyl (C=O) groups excluding carboxylic acids is 1. The SMILES string of the molecule is CCCCCNC(=O)c1ccc(Oc2ccccc2)cc1. The first-order valence-corrected chi connectivity index (χ1v) is 7.41. The highest BCUT2D eigenvalue weighted by Crippen LogP contribution is 2.21. The fourth-order valence-electron chi connectivity index (χ4n) is 1.98. The average Bonchev–Trinajstić information content (AvgIpc) is 2.53. The lowest BCUT2D eigenvalue weighted by Gasteiger charge is -2.07. The highest BCUT2D eigenvalue weighted by atomic mass is 16.5. The minimum absolute atomic E-state index is 0.0302. The van der Waals surface area contributed by atoms with Gasteiger partial charge in [0.05, 0.1) is 0 Å². The van der Waals surface area contributed by atoms with Gasteiger partial charge in [0.2, 0.25) is 0 Å². The predicted octanol–water partition coefficient (Wildman–Crippen LogP) is 4.40. The number of rotatable bonds is 7. The third-order valence-corrected chi connectivity index (χ3v) is 3.16. The summed E-state index contributed by atoms with van der Waals surface area (Å²) in [7, 11) is 0. The lowest BCUT2D eigenvalue weighted by Crippen LogP contribution is -2.24. The van der Waals surface area contributed by atoms with E-state index in [1.165, 1.54) is 0 Å². The summed E-state index contributed by atoms with van der Waals surface area (Å²) in [6.45, 7) is 2.88. The standard InChI is InChI=1S/C18H21NO2/c1-2-3-7-14-19-18(20)15-10-12-17(13-11-15)21-16-8-5-4-6-9-16/h4-6,8-13H,2-3,7,14H2,1H3,(H,19,20). The number of unbranched alkanes of at least 4 members (excludes halogenated alkanes) is 2. The molecule has 0 atom stereocenters. The van der Waals surface area contributed by atoms with E-state index in [1.54, 1.807) is 12.1 Å². The Morgan fingerprint density at radius 1 is 0.952 bits per heavy atom. The van der Waals surface area contributed by atoms with E-state index in [-0.39, 0.29) is 5.91 Å². The number of amides is 1. The van der Waals surface area contributed by atoms with Crippen molar-refractivity contribution in [3.8, 4) is 11.5 Å². The van der Waals surface area contributed by atoms with Crippen LogP contribution in [0.2, 0.25) is 0 Å². The van der Waals surface area contributed by atoms with Gasteiger partial charge in [-0.2, -0.15) is 0 Å². The summed E-state index contributed by atoms with van der Waals surface area (Å²) >= 11 is 0. The molecule has 2 rings (SSSR count). The molecule has 110 valence electrons. The molecule has 2 aromatic rings. The lowest BCUT2D eigenvalue weighted by molar-refractivity contribution is 0.0953. The average molecular weight is 283 g/mol. The zero-order valence-corrected chi connectivity index (χ0v) is 12.3.